The van der Waals surface area contributed by atoms with E-state index in [0.717, 1.165) is 22.5 Å². The Hall–Kier alpha value is -2.50. The molecule has 0 aliphatic rings. The number of fused-ring (bicyclic) bond motifs is 4. The summed E-state index contributed by atoms with van der Waals surface area (Å²) >= 11 is 0. The Morgan fingerprint density at radius 1 is 0.933 bits per heavy atom. The first-order valence-corrected chi connectivity index (χ1v) is 9.74. The van der Waals surface area contributed by atoms with Gasteiger partial charge in [-0.15, -0.1) is 16.8 Å². The summed E-state index contributed by atoms with van der Waals surface area (Å²) in [7, 11) is 0. The van der Waals surface area contributed by atoms with Crippen molar-refractivity contribution < 1.29 is 30.3 Å². The standard InChI is InChI=1S/C19H12N3.C5H12O2.Ir/c1-2-8-15-14(6-1)7-5-11-16(15)22-18-10-4-3-9-17(18)21-13-12-20-19(21)22;1-4(6)3-5(2)7;/h1-10,12-13H;4-7H,3H2,1-2H3;/q-1;;. The molecule has 0 saturated carbocycles. The van der Waals surface area contributed by atoms with E-state index < -0.39 is 0 Å². The van der Waals surface area contributed by atoms with Crippen LogP contribution in [0.3, 0.4) is 0 Å². The molecule has 0 fully saturated rings. The Bertz CT molecular complexity index is 1250. The quantitative estimate of drug-likeness (QED) is 0.313. The van der Waals surface area contributed by atoms with E-state index in [9.17, 15) is 0 Å². The van der Waals surface area contributed by atoms with Crippen LogP contribution in [0.5, 0.6) is 0 Å². The molecule has 0 aliphatic heterocycles. The van der Waals surface area contributed by atoms with Crippen molar-refractivity contribution in [1.29, 1.82) is 0 Å². The topological polar surface area (TPSA) is 62.7 Å². The third-order valence-corrected chi connectivity index (χ3v) is 4.81. The smallest absolute Gasteiger partial charge is 0.217 e. The monoisotopic (exact) mass is 579 g/mol. The van der Waals surface area contributed by atoms with E-state index in [4.69, 9.17) is 10.2 Å². The van der Waals surface area contributed by atoms with Gasteiger partial charge in [0, 0.05) is 32.5 Å². The van der Waals surface area contributed by atoms with E-state index >= 15 is 0 Å². The molecule has 0 spiro atoms. The molecule has 0 saturated heterocycles. The molecule has 3 aromatic carbocycles. The van der Waals surface area contributed by atoms with Crippen molar-refractivity contribution in [3.63, 3.8) is 0 Å². The van der Waals surface area contributed by atoms with Gasteiger partial charge in [0.2, 0.25) is 5.78 Å². The predicted octanol–water partition coefficient (Wildman–Crippen LogP) is 4.37. The van der Waals surface area contributed by atoms with E-state index in [2.05, 4.69) is 74.6 Å². The number of benzene rings is 3. The minimum absolute atomic E-state index is 0. The van der Waals surface area contributed by atoms with Crippen LogP contribution in [-0.2, 0) is 20.1 Å². The average Bonchev–Trinajstić information content (AvgIpc) is 3.28. The van der Waals surface area contributed by atoms with Crippen LogP contribution in [0.25, 0.3) is 33.3 Å². The molecule has 2 unspecified atom stereocenters. The fourth-order valence-corrected chi connectivity index (χ4v) is 3.66. The van der Waals surface area contributed by atoms with Crippen molar-refractivity contribution in [2.75, 3.05) is 0 Å². The fourth-order valence-electron chi connectivity index (χ4n) is 3.66. The third-order valence-electron chi connectivity index (χ3n) is 4.81. The van der Waals surface area contributed by atoms with Gasteiger partial charge < -0.3 is 14.8 Å². The Kier molecular flexibility index (Phi) is 7.06. The van der Waals surface area contributed by atoms with Gasteiger partial charge in [-0.05, 0) is 32.4 Å². The number of nitrogens with zero attached hydrogens (tertiary/aromatic N) is 3. The zero-order valence-corrected chi connectivity index (χ0v) is 19.3. The van der Waals surface area contributed by atoms with Gasteiger partial charge in [-0.3, -0.25) is 4.40 Å². The van der Waals surface area contributed by atoms with E-state index in [1.807, 2.05) is 18.5 Å². The molecule has 2 aromatic heterocycles. The van der Waals surface area contributed by atoms with E-state index in [-0.39, 0.29) is 32.3 Å². The van der Waals surface area contributed by atoms with Crippen molar-refractivity contribution in [2.45, 2.75) is 32.5 Å². The third kappa shape index (κ3) is 4.32. The summed E-state index contributed by atoms with van der Waals surface area (Å²) in [4.78, 5) is 4.54. The Labute approximate surface area is 189 Å². The molecule has 2 heterocycles. The molecule has 5 aromatic rings. The summed E-state index contributed by atoms with van der Waals surface area (Å²) in [6.07, 6.45) is 3.56. The molecule has 6 heteroatoms. The van der Waals surface area contributed by atoms with Crippen molar-refractivity contribution in [3.05, 3.63) is 79.1 Å². The number of hydrogen-bond acceptors (Lipinski definition) is 3. The zero-order valence-electron chi connectivity index (χ0n) is 16.9. The van der Waals surface area contributed by atoms with Gasteiger partial charge in [-0.25, -0.2) is 4.98 Å². The zero-order chi connectivity index (χ0) is 20.4. The molecule has 157 valence electrons. The first-order valence-electron chi connectivity index (χ1n) is 9.74. The SMILES string of the molecule is CC(O)CC(C)O.[Ir].[c-]1ccc2ccccc2c1-n1c2ccccc2n2ccnc12. The van der Waals surface area contributed by atoms with Gasteiger partial charge in [-0.2, -0.15) is 18.2 Å². The molecular weight excluding hydrogens is 555 g/mol. The summed E-state index contributed by atoms with van der Waals surface area (Å²) in [6, 6.07) is 24.2. The Morgan fingerprint density at radius 2 is 1.60 bits per heavy atom. The largest absolute Gasteiger partial charge is 0.393 e. The average molecular weight is 579 g/mol. The molecule has 0 aliphatic carbocycles. The van der Waals surface area contributed by atoms with Gasteiger partial charge in [0.15, 0.2) is 0 Å². The molecule has 0 amide bonds. The second kappa shape index (κ2) is 9.54. The van der Waals surface area contributed by atoms with Crippen LogP contribution in [-0.4, -0.2) is 36.4 Å². The van der Waals surface area contributed by atoms with Crippen LogP contribution in [0.2, 0.25) is 0 Å². The van der Waals surface area contributed by atoms with Gasteiger partial charge in [0.25, 0.3) is 0 Å². The number of aliphatic hydroxyl groups excluding tert-OH is 2. The summed E-state index contributed by atoms with van der Waals surface area (Å²) in [5.41, 5.74) is 3.32. The summed E-state index contributed by atoms with van der Waals surface area (Å²) in [6.45, 7) is 3.32. The molecule has 30 heavy (non-hydrogen) atoms. The maximum atomic E-state index is 8.56. The van der Waals surface area contributed by atoms with Crippen LogP contribution in [0.15, 0.2) is 73.1 Å². The Morgan fingerprint density at radius 3 is 2.30 bits per heavy atom. The van der Waals surface area contributed by atoms with Crippen LogP contribution < -0.4 is 0 Å². The number of imidazole rings is 2. The molecule has 2 atom stereocenters. The van der Waals surface area contributed by atoms with Crippen molar-refractivity contribution in [2.24, 2.45) is 0 Å². The van der Waals surface area contributed by atoms with Gasteiger partial charge in [0.1, 0.15) is 0 Å². The first kappa shape index (κ1) is 22.2. The summed E-state index contributed by atoms with van der Waals surface area (Å²) < 4.78 is 4.29. The van der Waals surface area contributed by atoms with Crippen LogP contribution in [0, 0.1) is 6.07 Å². The number of hydrogen-bond donors (Lipinski definition) is 2. The molecule has 5 rings (SSSR count). The molecule has 2 N–H and O–H groups in total. The van der Waals surface area contributed by atoms with Crippen molar-refractivity contribution >= 4 is 27.6 Å². The van der Waals surface area contributed by atoms with Crippen LogP contribution in [0.4, 0.5) is 0 Å². The molecule has 0 bridgehead atoms. The van der Waals surface area contributed by atoms with E-state index in [1.165, 1.54) is 10.8 Å². The summed E-state index contributed by atoms with van der Waals surface area (Å²) in [5.74, 6) is 0.911. The number of aliphatic hydroxyl groups is 2. The first-order chi connectivity index (χ1) is 14.1. The minimum Gasteiger partial charge on any atom is -0.393 e. The maximum Gasteiger partial charge on any atom is 0.217 e. The predicted molar refractivity (Wildman–Crippen MR) is 116 cm³/mol. The van der Waals surface area contributed by atoms with Gasteiger partial charge in [-0.1, -0.05) is 36.0 Å². The van der Waals surface area contributed by atoms with Gasteiger partial charge in [0.05, 0.1) is 23.2 Å². The van der Waals surface area contributed by atoms with Crippen LogP contribution >= 0.6 is 0 Å². The number of para-hydroxylation sites is 2. The molecular formula is C24H24IrN3O2-. The minimum atomic E-state index is -0.375. The second-order valence-electron chi connectivity index (χ2n) is 7.27. The Balaban J connectivity index is 0.000000281. The number of aromatic nitrogens is 3. The van der Waals surface area contributed by atoms with E-state index in [0.29, 0.717) is 6.42 Å². The van der Waals surface area contributed by atoms with E-state index in [1.54, 1.807) is 13.8 Å². The second-order valence-corrected chi connectivity index (χ2v) is 7.27. The maximum absolute atomic E-state index is 8.56. The molecule has 5 nitrogen and oxygen atoms in total. The summed E-state index contributed by atoms with van der Waals surface area (Å²) in [5, 5.41) is 19.5. The van der Waals surface area contributed by atoms with Crippen molar-refractivity contribution in [1.82, 2.24) is 14.0 Å². The van der Waals surface area contributed by atoms with Crippen LogP contribution in [0.1, 0.15) is 20.3 Å². The number of rotatable bonds is 3. The normalized spacial score (nSPS) is 12.9. The fraction of sp³-hybridized carbons (Fsp3) is 0.208. The van der Waals surface area contributed by atoms with Gasteiger partial charge >= 0.3 is 0 Å². The van der Waals surface area contributed by atoms with Crippen molar-refractivity contribution in [3.8, 4) is 5.69 Å². The molecule has 1 radical (unpaired) electrons.